The quantitative estimate of drug-likeness (QED) is 0.0550. The summed E-state index contributed by atoms with van der Waals surface area (Å²) in [6, 6.07) is 15.6. The Balaban J connectivity index is 0.617. The molecule has 6 heterocycles. The number of anilines is 2. The predicted octanol–water partition coefficient (Wildman–Crippen LogP) is 3.53. The molecule has 5 aliphatic rings. The summed E-state index contributed by atoms with van der Waals surface area (Å²) in [5.41, 5.74) is 3.30. The van der Waals surface area contributed by atoms with Crippen molar-refractivity contribution in [2.45, 2.75) is 63.8 Å². The van der Waals surface area contributed by atoms with Gasteiger partial charge in [-0.2, -0.15) is 9.97 Å². The molecular weight excluding hydrogens is 981 g/mol. The normalized spacial score (nSPS) is 18.7. The van der Waals surface area contributed by atoms with Gasteiger partial charge in [0.1, 0.15) is 36.1 Å². The first-order chi connectivity index (χ1) is 37.0. The number of phenolic OH excluding ortho intramolecular Hbond substituents is 1. The van der Waals surface area contributed by atoms with Gasteiger partial charge >= 0.3 is 6.01 Å². The van der Waals surface area contributed by atoms with Gasteiger partial charge in [-0.15, -0.1) is 0 Å². The number of carbonyl (C=O) groups is 5. The molecule has 5 aliphatic heterocycles. The first-order valence-corrected chi connectivity index (χ1v) is 26.4. The SMILES string of the molecule is C=CC(=O)N1CCN(c2nc(O[C@H](C)CN3CCC(OCCOCCOCCOCCOCCOc4ccc5c(c4)C(=O)N(C4CCC(=O)NC4=O)C5=O)CC3)nc3c2CCN(c2cc(O)cc4ccccc24)C3)CC1. The number of rotatable bonds is 25. The summed E-state index contributed by atoms with van der Waals surface area (Å²) in [6.45, 7) is 15.9. The van der Waals surface area contributed by atoms with Crippen LogP contribution >= 0.6 is 0 Å². The summed E-state index contributed by atoms with van der Waals surface area (Å²) in [6.07, 6.45) is 4.05. The molecule has 4 aromatic rings. The number of ether oxygens (including phenoxy) is 7. The van der Waals surface area contributed by atoms with E-state index in [2.05, 4.69) is 39.6 Å². The van der Waals surface area contributed by atoms with Crippen molar-refractivity contribution in [3.05, 3.63) is 89.6 Å². The molecule has 3 fully saturated rings. The Morgan fingerprint density at radius 3 is 2.16 bits per heavy atom. The average molecular weight is 1050 g/mol. The first-order valence-electron chi connectivity index (χ1n) is 26.4. The van der Waals surface area contributed by atoms with Gasteiger partial charge in [0, 0.05) is 81.5 Å². The van der Waals surface area contributed by atoms with Gasteiger partial charge < -0.3 is 53.0 Å². The zero-order chi connectivity index (χ0) is 53.0. The Kier molecular flexibility index (Phi) is 18.4. The third-order valence-electron chi connectivity index (χ3n) is 14.2. The third kappa shape index (κ3) is 13.4. The number of carbonyl (C=O) groups excluding carboxylic acids is 5. The zero-order valence-corrected chi connectivity index (χ0v) is 43.2. The molecule has 2 atom stereocenters. The summed E-state index contributed by atoms with van der Waals surface area (Å²) in [7, 11) is 0. The van der Waals surface area contributed by atoms with Gasteiger partial charge in [-0.05, 0) is 68.3 Å². The molecule has 5 amide bonds. The average Bonchev–Trinajstić information content (AvgIpc) is 3.67. The smallest absolute Gasteiger partial charge is 0.318 e. The van der Waals surface area contributed by atoms with Gasteiger partial charge in [-0.1, -0.05) is 30.8 Å². The number of nitrogens with one attached hydrogen (secondary N) is 1. The maximum Gasteiger partial charge on any atom is 0.318 e. The fourth-order valence-corrected chi connectivity index (χ4v) is 10.3. The minimum absolute atomic E-state index is 0.0551. The second-order valence-corrected chi connectivity index (χ2v) is 19.4. The molecule has 3 saturated heterocycles. The van der Waals surface area contributed by atoms with Crippen molar-refractivity contribution in [2.75, 3.05) is 128 Å². The molecule has 0 radical (unpaired) electrons. The number of amides is 5. The number of fused-ring (bicyclic) bond motifs is 3. The van der Waals surface area contributed by atoms with Crippen molar-refractivity contribution in [1.29, 1.82) is 0 Å². The second kappa shape index (κ2) is 25.9. The van der Waals surface area contributed by atoms with Gasteiger partial charge in [0.15, 0.2) is 0 Å². The van der Waals surface area contributed by atoms with Crippen LogP contribution in [0.2, 0.25) is 0 Å². The highest BCUT2D eigenvalue weighted by Crippen LogP contribution is 2.37. The molecule has 9 rings (SSSR count). The monoisotopic (exact) mass is 1050 g/mol. The van der Waals surface area contributed by atoms with E-state index in [0.29, 0.717) is 97.3 Å². The number of piperidine rings is 2. The molecular formula is C55H68N8O13. The number of benzene rings is 3. The van der Waals surface area contributed by atoms with Gasteiger partial charge in [0.05, 0.1) is 88.9 Å². The second-order valence-electron chi connectivity index (χ2n) is 19.4. The van der Waals surface area contributed by atoms with Crippen LogP contribution in [0.4, 0.5) is 11.5 Å². The molecule has 21 heteroatoms. The van der Waals surface area contributed by atoms with Crippen molar-refractivity contribution in [2.24, 2.45) is 0 Å². The Labute approximate surface area is 441 Å². The molecule has 2 N–H and O–H groups in total. The van der Waals surface area contributed by atoms with Crippen molar-refractivity contribution in [3.8, 4) is 17.5 Å². The van der Waals surface area contributed by atoms with E-state index in [9.17, 15) is 29.1 Å². The van der Waals surface area contributed by atoms with E-state index in [4.69, 9.17) is 43.1 Å². The van der Waals surface area contributed by atoms with Crippen molar-refractivity contribution >= 4 is 51.8 Å². The number of likely N-dealkylation sites (tertiary alicyclic amines) is 1. The number of imide groups is 2. The number of hydrogen-bond donors (Lipinski definition) is 2. The largest absolute Gasteiger partial charge is 0.508 e. The highest BCUT2D eigenvalue weighted by molar-refractivity contribution is 6.23. The molecule has 1 unspecified atom stereocenters. The van der Waals surface area contributed by atoms with E-state index < -0.39 is 29.7 Å². The maximum absolute atomic E-state index is 13.0. The van der Waals surface area contributed by atoms with Crippen LogP contribution in [0, 0.1) is 0 Å². The lowest BCUT2D eigenvalue weighted by atomic mass is 10.0. The molecule has 21 nitrogen and oxygen atoms in total. The van der Waals surface area contributed by atoms with Crippen LogP contribution in [0.15, 0.2) is 67.3 Å². The van der Waals surface area contributed by atoms with E-state index in [1.165, 1.54) is 18.2 Å². The maximum atomic E-state index is 13.0. The standard InChI is InChI=1S/C55H68N8O13/c1-3-50(66)60-18-20-61(21-19-60)51-44-14-17-62(48-33-39(64)32-38-6-4-5-7-42(38)48)36-46(44)56-55(58-51)76-37(2)35-59-15-12-40(13-16-59)74-30-28-72-26-24-70-22-23-71-25-27-73-29-31-75-41-8-9-43-45(34-41)54(69)63(53(43)68)47-10-11-49(65)57-52(47)67/h3-9,32-34,37,40,47,64H,1,10-31,35-36H2,2H3,(H,57,65,67)/t37-,47?/m1/s1. The van der Waals surface area contributed by atoms with Crippen LogP contribution in [0.25, 0.3) is 10.8 Å². The molecule has 406 valence electrons. The number of piperazine rings is 1. The van der Waals surface area contributed by atoms with E-state index in [1.807, 2.05) is 29.2 Å². The fraction of sp³-hybridized carbons (Fsp3) is 0.509. The molecule has 0 bridgehead atoms. The van der Waals surface area contributed by atoms with Crippen LogP contribution in [0.1, 0.15) is 64.6 Å². The van der Waals surface area contributed by atoms with Crippen LogP contribution in [-0.2, 0) is 51.0 Å². The van der Waals surface area contributed by atoms with Crippen molar-refractivity contribution in [3.63, 3.8) is 0 Å². The topological polar surface area (TPSA) is 224 Å². The molecule has 0 aliphatic carbocycles. The molecule has 0 spiro atoms. The van der Waals surface area contributed by atoms with Gasteiger partial charge in [0.2, 0.25) is 17.7 Å². The Bertz CT molecular complexity index is 2730. The summed E-state index contributed by atoms with van der Waals surface area (Å²) in [5.74, 6) is -0.826. The van der Waals surface area contributed by atoms with E-state index in [-0.39, 0.29) is 61.0 Å². The van der Waals surface area contributed by atoms with Gasteiger partial charge in [0.25, 0.3) is 11.8 Å². The third-order valence-corrected chi connectivity index (χ3v) is 14.2. The van der Waals surface area contributed by atoms with Gasteiger partial charge in [-0.25, -0.2) is 0 Å². The highest BCUT2D eigenvalue weighted by atomic mass is 16.6. The van der Waals surface area contributed by atoms with Crippen LogP contribution in [0.5, 0.6) is 17.5 Å². The van der Waals surface area contributed by atoms with Crippen molar-refractivity contribution < 1.29 is 62.2 Å². The summed E-state index contributed by atoms with van der Waals surface area (Å²) < 4.78 is 40.9. The lowest BCUT2D eigenvalue weighted by Gasteiger charge is -2.38. The van der Waals surface area contributed by atoms with E-state index >= 15 is 0 Å². The summed E-state index contributed by atoms with van der Waals surface area (Å²) in [5, 5.41) is 14.9. The number of hydrogen-bond acceptors (Lipinski definition) is 18. The van der Waals surface area contributed by atoms with Crippen LogP contribution in [0.3, 0.4) is 0 Å². The van der Waals surface area contributed by atoms with Crippen LogP contribution < -0.4 is 24.6 Å². The minimum atomic E-state index is -1.02. The fourth-order valence-electron chi connectivity index (χ4n) is 10.3. The van der Waals surface area contributed by atoms with Gasteiger partial charge in [-0.3, -0.25) is 39.1 Å². The first kappa shape index (κ1) is 54.1. The van der Waals surface area contributed by atoms with Crippen LogP contribution in [-0.4, -0.2) is 196 Å². The lowest BCUT2D eigenvalue weighted by Crippen LogP contribution is -2.54. The van der Waals surface area contributed by atoms with E-state index in [0.717, 1.165) is 83.9 Å². The number of aromatic nitrogens is 2. The number of phenols is 1. The Hall–Kier alpha value is -6.75. The molecule has 76 heavy (non-hydrogen) atoms. The minimum Gasteiger partial charge on any atom is -0.508 e. The molecule has 1 aromatic heterocycles. The zero-order valence-electron chi connectivity index (χ0n) is 43.2. The Morgan fingerprint density at radius 1 is 0.763 bits per heavy atom. The lowest BCUT2D eigenvalue weighted by molar-refractivity contribution is -0.136. The summed E-state index contributed by atoms with van der Waals surface area (Å²) >= 11 is 0. The predicted molar refractivity (Wildman–Crippen MR) is 279 cm³/mol. The molecule has 0 saturated carbocycles. The number of nitrogens with zero attached hydrogens (tertiary/aromatic N) is 7. The van der Waals surface area contributed by atoms with E-state index in [1.54, 1.807) is 12.1 Å². The van der Waals surface area contributed by atoms with Crippen molar-refractivity contribution in [1.82, 2.24) is 30.0 Å². The number of aromatic hydroxyl groups is 1. The summed E-state index contributed by atoms with van der Waals surface area (Å²) in [4.78, 5) is 81.9. The molecule has 3 aromatic carbocycles. The Morgan fingerprint density at radius 2 is 1.45 bits per heavy atom. The highest BCUT2D eigenvalue weighted by Gasteiger charge is 2.45.